The van der Waals surface area contributed by atoms with Gasteiger partial charge in [0.1, 0.15) is 11.5 Å². The lowest BCUT2D eigenvalue weighted by molar-refractivity contribution is -0.129. The van der Waals surface area contributed by atoms with Crippen LogP contribution in [0.1, 0.15) is 16.9 Å². The van der Waals surface area contributed by atoms with E-state index in [0.717, 1.165) is 16.7 Å². The highest BCUT2D eigenvalue weighted by Crippen LogP contribution is 2.25. The van der Waals surface area contributed by atoms with Crippen molar-refractivity contribution in [3.05, 3.63) is 82.6 Å². The summed E-state index contributed by atoms with van der Waals surface area (Å²) in [4.78, 5) is 26.9. The van der Waals surface area contributed by atoms with Crippen molar-refractivity contribution in [3.63, 3.8) is 0 Å². The summed E-state index contributed by atoms with van der Waals surface area (Å²) >= 11 is 5.93. The first-order chi connectivity index (χ1) is 15.0. The van der Waals surface area contributed by atoms with Crippen molar-refractivity contribution in [3.8, 4) is 11.3 Å². The maximum atomic E-state index is 12.6. The smallest absolute Gasteiger partial charge is 0.237 e. The van der Waals surface area contributed by atoms with E-state index in [9.17, 15) is 9.59 Å². The predicted octanol–water partition coefficient (Wildman–Crippen LogP) is 3.39. The van der Waals surface area contributed by atoms with Gasteiger partial charge in [-0.05, 0) is 53.9 Å². The standard InChI is InChI=1S/C24H24ClN3O3/c1-26-24(30)21-12-17-4-2-3-5-18(17)14-28(21)15-23(29)27-13-20-10-11-22(31-20)16-6-8-19(25)9-7-16/h2-11,21H,12-15H2,1H3,(H,26,30)(H,27,29). The third kappa shape index (κ3) is 4.98. The number of benzene rings is 2. The molecule has 1 aromatic heterocycles. The zero-order chi connectivity index (χ0) is 21.8. The normalized spacial score (nSPS) is 15.9. The van der Waals surface area contributed by atoms with E-state index in [1.807, 2.05) is 53.4 Å². The van der Waals surface area contributed by atoms with Crippen LogP contribution >= 0.6 is 11.6 Å². The monoisotopic (exact) mass is 437 g/mol. The quantitative estimate of drug-likeness (QED) is 0.620. The summed E-state index contributed by atoms with van der Waals surface area (Å²) in [5.74, 6) is 1.14. The number of amides is 2. The minimum Gasteiger partial charge on any atom is -0.459 e. The van der Waals surface area contributed by atoms with E-state index in [2.05, 4.69) is 10.6 Å². The number of fused-ring (bicyclic) bond motifs is 1. The SMILES string of the molecule is CNC(=O)C1Cc2ccccc2CN1CC(=O)NCc1ccc(-c2ccc(Cl)cc2)o1. The molecule has 4 rings (SSSR count). The molecule has 0 fully saturated rings. The summed E-state index contributed by atoms with van der Waals surface area (Å²) < 4.78 is 5.84. The molecule has 6 nitrogen and oxygen atoms in total. The largest absolute Gasteiger partial charge is 0.459 e. The fraction of sp³-hybridized carbons (Fsp3) is 0.250. The molecule has 0 saturated carbocycles. The summed E-state index contributed by atoms with van der Waals surface area (Å²) in [7, 11) is 1.62. The first-order valence-electron chi connectivity index (χ1n) is 10.2. The fourth-order valence-corrected chi connectivity index (χ4v) is 3.96. The van der Waals surface area contributed by atoms with E-state index in [1.54, 1.807) is 19.2 Å². The Bertz CT molecular complexity index is 1080. The maximum Gasteiger partial charge on any atom is 0.237 e. The van der Waals surface area contributed by atoms with Gasteiger partial charge in [0.05, 0.1) is 19.1 Å². The molecule has 1 atom stereocenters. The number of carbonyl (C=O) groups excluding carboxylic acids is 2. The molecule has 7 heteroatoms. The van der Waals surface area contributed by atoms with Crippen molar-refractivity contribution < 1.29 is 14.0 Å². The second kappa shape index (κ2) is 9.37. The summed E-state index contributed by atoms with van der Waals surface area (Å²) in [6.45, 7) is 0.974. The van der Waals surface area contributed by atoms with Crippen LogP contribution in [0.5, 0.6) is 0 Å². The molecule has 2 aromatic carbocycles. The first-order valence-corrected chi connectivity index (χ1v) is 10.5. The number of nitrogens with one attached hydrogen (secondary N) is 2. The van der Waals surface area contributed by atoms with Crippen LogP contribution in [0.4, 0.5) is 0 Å². The second-order valence-corrected chi connectivity index (χ2v) is 7.99. The predicted molar refractivity (Wildman–Crippen MR) is 119 cm³/mol. The Morgan fingerprint density at radius 2 is 1.81 bits per heavy atom. The lowest BCUT2D eigenvalue weighted by Crippen LogP contribution is -2.52. The summed E-state index contributed by atoms with van der Waals surface area (Å²) in [6, 6.07) is 18.8. The number of nitrogens with zero attached hydrogens (tertiary/aromatic N) is 1. The molecule has 3 aromatic rings. The van der Waals surface area contributed by atoms with Gasteiger partial charge in [0.25, 0.3) is 0 Å². The Labute approximate surface area is 186 Å². The molecule has 2 amide bonds. The molecule has 2 heterocycles. The van der Waals surface area contributed by atoms with Gasteiger partial charge >= 0.3 is 0 Å². The van der Waals surface area contributed by atoms with Crippen LogP contribution in [0.25, 0.3) is 11.3 Å². The highest BCUT2D eigenvalue weighted by Gasteiger charge is 2.31. The van der Waals surface area contributed by atoms with Gasteiger partial charge in [-0.2, -0.15) is 0 Å². The van der Waals surface area contributed by atoms with Crippen molar-refractivity contribution in [1.29, 1.82) is 0 Å². The Hall–Kier alpha value is -3.09. The van der Waals surface area contributed by atoms with Crippen LogP contribution in [-0.2, 0) is 29.1 Å². The molecular formula is C24H24ClN3O3. The second-order valence-electron chi connectivity index (χ2n) is 7.56. The van der Waals surface area contributed by atoms with Gasteiger partial charge in [-0.15, -0.1) is 0 Å². The van der Waals surface area contributed by atoms with E-state index in [-0.39, 0.29) is 30.9 Å². The van der Waals surface area contributed by atoms with Crippen molar-refractivity contribution in [2.75, 3.05) is 13.6 Å². The van der Waals surface area contributed by atoms with Gasteiger partial charge < -0.3 is 15.1 Å². The van der Waals surface area contributed by atoms with Crippen LogP contribution < -0.4 is 10.6 Å². The maximum absolute atomic E-state index is 12.6. The number of carbonyl (C=O) groups is 2. The fourth-order valence-electron chi connectivity index (χ4n) is 3.84. The molecule has 31 heavy (non-hydrogen) atoms. The molecule has 1 unspecified atom stereocenters. The molecule has 0 bridgehead atoms. The molecule has 0 radical (unpaired) electrons. The minimum atomic E-state index is -0.370. The molecule has 160 valence electrons. The van der Waals surface area contributed by atoms with Gasteiger partial charge in [0.15, 0.2) is 0 Å². The molecule has 0 saturated heterocycles. The number of hydrogen-bond acceptors (Lipinski definition) is 4. The molecule has 0 aliphatic carbocycles. The number of rotatable bonds is 6. The van der Waals surface area contributed by atoms with Crippen LogP contribution in [0, 0.1) is 0 Å². The zero-order valence-corrected chi connectivity index (χ0v) is 18.0. The first kappa shape index (κ1) is 21.2. The van der Waals surface area contributed by atoms with Gasteiger partial charge in [0.2, 0.25) is 11.8 Å². The Morgan fingerprint density at radius 3 is 2.55 bits per heavy atom. The van der Waals surface area contributed by atoms with Crippen LogP contribution in [0.2, 0.25) is 5.02 Å². The number of hydrogen-bond donors (Lipinski definition) is 2. The van der Waals surface area contributed by atoms with Crippen LogP contribution in [-0.4, -0.2) is 36.3 Å². The van der Waals surface area contributed by atoms with Crippen molar-refractivity contribution in [1.82, 2.24) is 15.5 Å². The molecule has 0 spiro atoms. The van der Waals surface area contributed by atoms with Crippen molar-refractivity contribution in [2.24, 2.45) is 0 Å². The topological polar surface area (TPSA) is 74.6 Å². The van der Waals surface area contributed by atoms with E-state index < -0.39 is 0 Å². The summed E-state index contributed by atoms with van der Waals surface area (Å²) in [5.41, 5.74) is 3.22. The van der Waals surface area contributed by atoms with Crippen molar-refractivity contribution >= 4 is 23.4 Å². The molecular weight excluding hydrogens is 414 g/mol. The van der Waals surface area contributed by atoms with Gasteiger partial charge in [0, 0.05) is 24.2 Å². The van der Waals surface area contributed by atoms with E-state index >= 15 is 0 Å². The Balaban J connectivity index is 1.38. The Kier molecular flexibility index (Phi) is 6.39. The number of halogens is 1. The van der Waals surface area contributed by atoms with E-state index in [0.29, 0.717) is 29.5 Å². The Morgan fingerprint density at radius 1 is 1.06 bits per heavy atom. The average molecular weight is 438 g/mol. The molecule has 1 aliphatic heterocycles. The van der Waals surface area contributed by atoms with E-state index in [4.69, 9.17) is 16.0 Å². The number of likely N-dealkylation sites (N-methyl/N-ethyl adjacent to an activating group) is 1. The molecule has 2 N–H and O–H groups in total. The third-order valence-corrected chi connectivity index (χ3v) is 5.74. The van der Waals surface area contributed by atoms with Crippen molar-refractivity contribution in [2.45, 2.75) is 25.6 Å². The third-order valence-electron chi connectivity index (χ3n) is 5.49. The summed E-state index contributed by atoms with van der Waals surface area (Å²) in [6.07, 6.45) is 0.589. The minimum absolute atomic E-state index is 0.0825. The zero-order valence-electron chi connectivity index (χ0n) is 17.2. The molecule has 1 aliphatic rings. The van der Waals surface area contributed by atoms with Gasteiger partial charge in [-0.1, -0.05) is 35.9 Å². The summed E-state index contributed by atoms with van der Waals surface area (Å²) in [5, 5.41) is 6.27. The highest BCUT2D eigenvalue weighted by molar-refractivity contribution is 6.30. The van der Waals surface area contributed by atoms with Gasteiger partial charge in [-0.25, -0.2) is 0 Å². The van der Waals surface area contributed by atoms with Crippen LogP contribution in [0.15, 0.2) is 65.1 Å². The van der Waals surface area contributed by atoms with Crippen LogP contribution in [0.3, 0.4) is 0 Å². The van der Waals surface area contributed by atoms with Gasteiger partial charge in [-0.3, -0.25) is 14.5 Å². The van der Waals surface area contributed by atoms with E-state index in [1.165, 1.54) is 0 Å². The lowest BCUT2D eigenvalue weighted by Gasteiger charge is -2.35. The number of furan rings is 1. The lowest BCUT2D eigenvalue weighted by atomic mass is 9.93. The average Bonchev–Trinajstić information content (AvgIpc) is 3.26. The highest BCUT2D eigenvalue weighted by atomic mass is 35.5.